The second-order valence-electron chi connectivity index (χ2n) is 4.77. The van der Waals surface area contributed by atoms with Crippen LogP contribution in [-0.2, 0) is 10.0 Å². The zero-order valence-electron chi connectivity index (χ0n) is 10.6. The summed E-state index contributed by atoms with van der Waals surface area (Å²) in [7, 11) is -3.64. The van der Waals surface area contributed by atoms with Gasteiger partial charge in [0.1, 0.15) is 4.90 Å². The van der Waals surface area contributed by atoms with E-state index in [9.17, 15) is 8.42 Å². The van der Waals surface area contributed by atoms with E-state index in [4.69, 9.17) is 16.9 Å². The highest BCUT2D eigenvalue weighted by atomic mass is 35.5. The summed E-state index contributed by atoms with van der Waals surface area (Å²) in [4.78, 5) is -0.0182. The van der Waals surface area contributed by atoms with Crippen LogP contribution in [0.15, 0.2) is 23.1 Å². The molecular weight excluding hydrogens is 284 g/mol. The Morgan fingerprint density at radius 3 is 2.89 bits per heavy atom. The van der Waals surface area contributed by atoms with Crippen molar-refractivity contribution in [2.24, 2.45) is 5.92 Å². The Labute approximate surface area is 118 Å². The Hall–Kier alpha value is -1.09. The molecule has 1 saturated carbocycles. The molecule has 4 nitrogen and oxygen atoms in total. The van der Waals surface area contributed by atoms with Gasteiger partial charge in [-0.2, -0.15) is 5.26 Å². The van der Waals surface area contributed by atoms with Gasteiger partial charge in [-0.3, -0.25) is 0 Å². The van der Waals surface area contributed by atoms with Crippen LogP contribution in [0.5, 0.6) is 0 Å². The van der Waals surface area contributed by atoms with Crippen LogP contribution in [-0.4, -0.2) is 14.5 Å². The number of nitrogens with zero attached hydrogens (tertiary/aromatic N) is 1. The van der Waals surface area contributed by atoms with E-state index in [-0.39, 0.29) is 21.5 Å². The number of benzene rings is 1. The van der Waals surface area contributed by atoms with Gasteiger partial charge < -0.3 is 0 Å². The van der Waals surface area contributed by atoms with Crippen molar-refractivity contribution in [3.8, 4) is 6.07 Å². The summed E-state index contributed by atoms with van der Waals surface area (Å²) >= 11 is 5.91. The van der Waals surface area contributed by atoms with Crippen molar-refractivity contribution >= 4 is 21.6 Å². The highest BCUT2D eigenvalue weighted by molar-refractivity contribution is 7.89. The van der Waals surface area contributed by atoms with Crippen LogP contribution in [0.25, 0.3) is 0 Å². The molecule has 1 aromatic carbocycles. The second-order valence-corrected chi connectivity index (χ2v) is 6.86. The maximum atomic E-state index is 12.2. The maximum Gasteiger partial charge on any atom is 0.242 e. The highest BCUT2D eigenvalue weighted by Crippen LogP contribution is 2.36. The lowest BCUT2D eigenvalue weighted by Gasteiger charge is -2.08. The molecule has 1 fully saturated rings. The Balaban J connectivity index is 2.19. The lowest BCUT2D eigenvalue weighted by molar-refractivity contribution is 0.573. The summed E-state index contributed by atoms with van der Waals surface area (Å²) in [5.41, 5.74) is 0.283. The Morgan fingerprint density at radius 2 is 2.26 bits per heavy atom. The third kappa shape index (κ3) is 3.27. The molecule has 2 atom stereocenters. The second kappa shape index (κ2) is 5.49. The summed E-state index contributed by atoms with van der Waals surface area (Å²) in [6.45, 7) is 2.08. The first-order chi connectivity index (χ1) is 8.97. The molecule has 1 aliphatic carbocycles. The van der Waals surface area contributed by atoms with Gasteiger partial charge >= 0.3 is 0 Å². The number of hydrogen-bond acceptors (Lipinski definition) is 3. The Kier molecular flexibility index (Phi) is 4.14. The zero-order valence-corrected chi connectivity index (χ0v) is 12.1. The molecule has 6 heteroatoms. The first kappa shape index (κ1) is 14.3. The molecule has 1 aliphatic rings. The van der Waals surface area contributed by atoms with Crippen molar-refractivity contribution in [1.82, 2.24) is 4.72 Å². The molecule has 2 rings (SSSR count). The molecule has 0 aliphatic heterocycles. The standard InChI is InChI=1S/C13H15ClN2O2S/c1-2-3-10-7-12(10)16-19(17,18)13-6-9(8-15)4-5-11(13)14/h4-6,10,12,16H,2-3,7H2,1H3. The van der Waals surface area contributed by atoms with Crippen molar-refractivity contribution in [3.63, 3.8) is 0 Å². The fraction of sp³-hybridized carbons (Fsp3) is 0.462. The van der Waals surface area contributed by atoms with Crippen LogP contribution in [0.1, 0.15) is 31.7 Å². The summed E-state index contributed by atoms with van der Waals surface area (Å²) in [6.07, 6.45) is 2.95. The lowest BCUT2D eigenvalue weighted by Crippen LogP contribution is -2.27. The van der Waals surface area contributed by atoms with E-state index in [1.807, 2.05) is 6.07 Å². The van der Waals surface area contributed by atoms with Crippen molar-refractivity contribution in [3.05, 3.63) is 28.8 Å². The monoisotopic (exact) mass is 298 g/mol. The maximum absolute atomic E-state index is 12.2. The van der Waals surface area contributed by atoms with E-state index < -0.39 is 10.0 Å². The molecular formula is C13H15ClN2O2S. The summed E-state index contributed by atoms with van der Waals surface area (Å²) in [5.74, 6) is 0.428. The molecule has 0 spiro atoms. The zero-order chi connectivity index (χ0) is 14.0. The number of hydrogen-bond donors (Lipinski definition) is 1. The smallest absolute Gasteiger partial charge is 0.208 e. The molecule has 0 amide bonds. The molecule has 2 unspecified atom stereocenters. The number of rotatable bonds is 5. The molecule has 0 heterocycles. The fourth-order valence-electron chi connectivity index (χ4n) is 2.12. The van der Waals surface area contributed by atoms with Crippen LogP contribution in [0, 0.1) is 17.2 Å². The van der Waals surface area contributed by atoms with Crippen LogP contribution in [0.2, 0.25) is 5.02 Å². The van der Waals surface area contributed by atoms with E-state index in [0.717, 1.165) is 19.3 Å². The predicted molar refractivity (Wildman–Crippen MR) is 73.3 cm³/mol. The van der Waals surface area contributed by atoms with E-state index in [1.54, 1.807) is 0 Å². The van der Waals surface area contributed by atoms with Crippen molar-refractivity contribution < 1.29 is 8.42 Å². The lowest BCUT2D eigenvalue weighted by atomic mass is 10.2. The number of sulfonamides is 1. The molecule has 0 bridgehead atoms. The number of halogens is 1. The summed E-state index contributed by atoms with van der Waals surface area (Å²) in [5, 5.41) is 8.95. The molecule has 0 saturated heterocycles. The first-order valence-electron chi connectivity index (χ1n) is 6.20. The molecule has 0 radical (unpaired) electrons. The predicted octanol–water partition coefficient (Wildman–Crippen LogP) is 2.68. The van der Waals surface area contributed by atoms with E-state index in [0.29, 0.717) is 5.92 Å². The number of nitrogens with one attached hydrogen (secondary N) is 1. The van der Waals surface area contributed by atoms with Crippen molar-refractivity contribution in [2.75, 3.05) is 0 Å². The van der Waals surface area contributed by atoms with Crippen LogP contribution in [0.4, 0.5) is 0 Å². The first-order valence-corrected chi connectivity index (χ1v) is 8.06. The van der Waals surface area contributed by atoms with E-state index >= 15 is 0 Å². The third-order valence-electron chi connectivity index (χ3n) is 3.24. The third-order valence-corrected chi connectivity index (χ3v) is 5.21. The quantitative estimate of drug-likeness (QED) is 0.908. The van der Waals surface area contributed by atoms with Gasteiger partial charge in [0, 0.05) is 6.04 Å². The Morgan fingerprint density at radius 1 is 1.53 bits per heavy atom. The number of nitriles is 1. The topological polar surface area (TPSA) is 70.0 Å². The minimum Gasteiger partial charge on any atom is -0.208 e. The molecule has 0 aromatic heterocycles. The highest BCUT2D eigenvalue weighted by Gasteiger charge is 2.39. The Bertz CT molecular complexity index is 622. The van der Waals surface area contributed by atoms with Gasteiger partial charge in [-0.1, -0.05) is 24.9 Å². The van der Waals surface area contributed by atoms with Crippen LogP contribution < -0.4 is 4.72 Å². The van der Waals surface area contributed by atoms with E-state index in [2.05, 4.69) is 11.6 Å². The minimum atomic E-state index is -3.64. The van der Waals surface area contributed by atoms with E-state index in [1.165, 1.54) is 18.2 Å². The van der Waals surface area contributed by atoms with Gasteiger partial charge in [0.05, 0.1) is 16.7 Å². The summed E-state index contributed by atoms with van der Waals surface area (Å²) in [6, 6.07) is 6.16. The minimum absolute atomic E-state index is 0.00626. The molecule has 1 aromatic rings. The fourth-order valence-corrected chi connectivity index (χ4v) is 3.97. The largest absolute Gasteiger partial charge is 0.242 e. The molecule has 19 heavy (non-hydrogen) atoms. The molecule has 102 valence electrons. The molecule has 1 N–H and O–H groups in total. The van der Waals surface area contributed by atoms with Crippen LogP contribution >= 0.6 is 11.6 Å². The van der Waals surface area contributed by atoms with Crippen LogP contribution in [0.3, 0.4) is 0 Å². The van der Waals surface area contributed by atoms with Gasteiger partial charge in [0.25, 0.3) is 0 Å². The SMILES string of the molecule is CCCC1CC1NS(=O)(=O)c1cc(C#N)ccc1Cl. The summed E-state index contributed by atoms with van der Waals surface area (Å²) < 4.78 is 27.1. The van der Waals surface area contributed by atoms with Gasteiger partial charge in [0.15, 0.2) is 0 Å². The average molecular weight is 299 g/mol. The average Bonchev–Trinajstić information content (AvgIpc) is 3.07. The van der Waals surface area contributed by atoms with Gasteiger partial charge in [-0.25, -0.2) is 13.1 Å². The van der Waals surface area contributed by atoms with Gasteiger partial charge in [-0.15, -0.1) is 0 Å². The van der Waals surface area contributed by atoms with Gasteiger partial charge in [-0.05, 0) is 37.0 Å². The van der Waals surface area contributed by atoms with Crippen molar-refractivity contribution in [1.29, 1.82) is 5.26 Å². The normalized spacial score (nSPS) is 21.9. The van der Waals surface area contributed by atoms with Crippen molar-refractivity contribution in [2.45, 2.75) is 37.1 Å². The van der Waals surface area contributed by atoms with Gasteiger partial charge in [0.2, 0.25) is 10.0 Å².